The molecule has 1 aromatic heterocycles. The number of aromatic amines is 1. The Kier molecular flexibility index (Phi) is 3.42. The summed E-state index contributed by atoms with van der Waals surface area (Å²) in [4.78, 5) is 5.58. The molecule has 0 unspecified atom stereocenters. The predicted molar refractivity (Wildman–Crippen MR) is 69.7 cm³/mol. The number of nitrogens with one attached hydrogen (secondary N) is 1. The molecule has 2 nitrogen and oxygen atoms in total. The predicted octanol–water partition coefficient (Wildman–Crippen LogP) is 2.83. The summed E-state index contributed by atoms with van der Waals surface area (Å²) < 4.78 is 0. The topological polar surface area (TPSA) is 19.0 Å². The summed E-state index contributed by atoms with van der Waals surface area (Å²) in [7, 11) is 2.12. The number of benzene rings is 1. The van der Waals surface area contributed by atoms with Gasteiger partial charge >= 0.3 is 0 Å². The van der Waals surface area contributed by atoms with Gasteiger partial charge in [0.1, 0.15) is 0 Å². The summed E-state index contributed by atoms with van der Waals surface area (Å²) in [6.07, 6.45) is 5.13. The average Bonchev–Trinajstić information content (AvgIpc) is 2.70. The van der Waals surface area contributed by atoms with Gasteiger partial charge in [-0.15, -0.1) is 6.58 Å². The fraction of sp³-hybridized carbons (Fsp3) is 0.286. The molecule has 84 valence electrons. The summed E-state index contributed by atoms with van der Waals surface area (Å²) in [5.41, 5.74) is 2.62. The number of para-hydroxylation sites is 1. The summed E-state index contributed by atoms with van der Waals surface area (Å²) >= 11 is 0. The van der Waals surface area contributed by atoms with Gasteiger partial charge in [-0.05, 0) is 25.1 Å². The van der Waals surface area contributed by atoms with Crippen molar-refractivity contribution in [1.82, 2.24) is 9.88 Å². The molecule has 0 aliphatic rings. The second kappa shape index (κ2) is 4.99. The summed E-state index contributed by atoms with van der Waals surface area (Å²) in [6, 6.07) is 8.44. The first-order valence-corrected chi connectivity index (χ1v) is 5.65. The Balaban J connectivity index is 2.07. The van der Waals surface area contributed by atoms with Crippen LogP contribution in [0.3, 0.4) is 0 Å². The van der Waals surface area contributed by atoms with Crippen molar-refractivity contribution in [2.24, 2.45) is 0 Å². The Hall–Kier alpha value is -1.54. The summed E-state index contributed by atoms with van der Waals surface area (Å²) in [6.45, 7) is 5.76. The highest BCUT2D eigenvalue weighted by atomic mass is 15.1. The third-order valence-electron chi connectivity index (χ3n) is 2.88. The third kappa shape index (κ3) is 2.34. The molecule has 0 bridgehead atoms. The van der Waals surface area contributed by atoms with Gasteiger partial charge in [0.05, 0.1) is 0 Å². The van der Waals surface area contributed by atoms with E-state index in [9.17, 15) is 0 Å². The molecule has 2 heteroatoms. The van der Waals surface area contributed by atoms with Gasteiger partial charge in [-0.1, -0.05) is 24.3 Å². The van der Waals surface area contributed by atoms with Crippen molar-refractivity contribution < 1.29 is 0 Å². The van der Waals surface area contributed by atoms with E-state index in [1.807, 2.05) is 6.08 Å². The average molecular weight is 214 g/mol. The van der Waals surface area contributed by atoms with E-state index in [1.165, 1.54) is 16.5 Å². The normalized spacial score (nSPS) is 11.1. The van der Waals surface area contributed by atoms with Crippen molar-refractivity contribution in [2.75, 3.05) is 20.1 Å². The number of rotatable bonds is 5. The molecule has 0 fully saturated rings. The molecule has 0 atom stereocenters. The Morgan fingerprint density at radius 2 is 2.19 bits per heavy atom. The van der Waals surface area contributed by atoms with Crippen LogP contribution >= 0.6 is 0 Å². The molecule has 2 aromatic rings. The number of aromatic nitrogens is 1. The number of nitrogens with zero attached hydrogens (tertiary/aromatic N) is 1. The maximum atomic E-state index is 3.75. The van der Waals surface area contributed by atoms with Crippen molar-refractivity contribution in [3.05, 3.63) is 48.7 Å². The van der Waals surface area contributed by atoms with E-state index < -0.39 is 0 Å². The molecular weight excluding hydrogens is 196 g/mol. The minimum Gasteiger partial charge on any atom is -0.361 e. The van der Waals surface area contributed by atoms with E-state index in [2.05, 4.69) is 54.0 Å². The van der Waals surface area contributed by atoms with Crippen molar-refractivity contribution in [3.63, 3.8) is 0 Å². The lowest BCUT2D eigenvalue weighted by Gasteiger charge is -2.13. The van der Waals surface area contributed by atoms with Gasteiger partial charge in [0.2, 0.25) is 0 Å². The minimum atomic E-state index is 0.947. The highest BCUT2D eigenvalue weighted by Crippen LogP contribution is 2.18. The van der Waals surface area contributed by atoms with E-state index in [0.717, 1.165) is 19.5 Å². The van der Waals surface area contributed by atoms with Crippen LogP contribution in [0.5, 0.6) is 0 Å². The Labute approximate surface area is 96.6 Å². The maximum absolute atomic E-state index is 3.75. The largest absolute Gasteiger partial charge is 0.361 e. The molecule has 2 rings (SSSR count). The van der Waals surface area contributed by atoms with Crippen molar-refractivity contribution in [1.29, 1.82) is 0 Å². The molecule has 0 spiro atoms. The fourth-order valence-electron chi connectivity index (χ4n) is 1.96. The number of H-pyrrole nitrogens is 1. The molecule has 0 saturated carbocycles. The molecule has 0 amide bonds. The van der Waals surface area contributed by atoms with E-state index in [1.54, 1.807) is 0 Å². The Morgan fingerprint density at radius 3 is 3.00 bits per heavy atom. The van der Waals surface area contributed by atoms with E-state index >= 15 is 0 Å². The van der Waals surface area contributed by atoms with Crippen LogP contribution in [0.4, 0.5) is 0 Å². The monoisotopic (exact) mass is 214 g/mol. The van der Waals surface area contributed by atoms with Gasteiger partial charge in [0, 0.05) is 30.2 Å². The van der Waals surface area contributed by atoms with Crippen LogP contribution in [0.15, 0.2) is 43.1 Å². The van der Waals surface area contributed by atoms with Gasteiger partial charge < -0.3 is 9.88 Å². The lowest BCUT2D eigenvalue weighted by molar-refractivity contribution is 0.376. The van der Waals surface area contributed by atoms with Crippen LogP contribution in [0.2, 0.25) is 0 Å². The van der Waals surface area contributed by atoms with E-state index in [0.29, 0.717) is 0 Å². The number of hydrogen-bond donors (Lipinski definition) is 1. The van der Waals surface area contributed by atoms with E-state index in [4.69, 9.17) is 0 Å². The zero-order valence-electron chi connectivity index (χ0n) is 9.74. The number of likely N-dealkylation sites (N-methyl/N-ethyl adjacent to an activating group) is 1. The third-order valence-corrected chi connectivity index (χ3v) is 2.88. The van der Waals surface area contributed by atoms with E-state index in [-0.39, 0.29) is 0 Å². The molecule has 1 heterocycles. The van der Waals surface area contributed by atoms with Crippen LogP contribution in [-0.2, 0) is 6.42 Å². The maximum Gasteiger partial charge on any atom is 0.0456 e. The van der Waals surface area contributed by atoms with Gasteiger partial charge in [0.15, 0.2) is 0 Å². The van der Waals surface area contributed by atoms with Crippen molar-refractivity contribution in [3.8, 4) is 0 Å². The minimum absolute atomic E-state index is 0.947. The van der Waals surface area contributed by atoms with Crippen molar-refractivity contribution in [2.45, 2.75) is 6.42 Å². The second-order valence-corrected chi connectivity index (χ2v) is 4.16. The molecular formula is C14H18N2. The molecule has 16 heavy (non-hydrogen) atoms. The quantitative estimate of drug-likeness (QED) is 0.758. The summed E-state index contributed by atoms with van der Waals surface area (Å²) in [5.74, 6) is 0. The van der Waals surface area contributed by atoms with Crippen LogP contribution in [-0.4, -0.2) is 30.0 Å². The standard InChI is InChI=1S/C14H18N2/c1-3-9-16(2)10-8-12-11-15-14-7-5-4-6-13(12)14/h3-7,11,15H,1,8-10H2,2H3. The van der Waals surface area contributed by atoms with Gasteiger partial charge in [-0.2, -0.15) is 0 Å². The van der Waals surface area contributed by atoms with Crippen LogP contribution in [0, 0.1) is 0 Å². The van der Waals surface area contributed by atoms with Crippen molar-refractivity contribution >= 4 is 10.9 Å². The van der Waals surface area contributed by atoms with Crippen LogP contribution in [0.25, 0.3) is 10.9 Å². The Morgan fingerprint density at radius 1 is 1.38 bits per heavy atom. The molecule has 0 aliphatic heterocycles. The lowest BCUT2D eigenvalue weighted by Crippen LogP contribution is -2.20. The van der Waals surface area contributed by atoms with Gasteiger partial charge in [-0.25, -0.2) is 0 Å². The number of fused-ring (bicyclic) bond motifs is 1. The fourth-order valence-corrected chi connectivity index (χ4v) is 1.96. The molecule has 1 aromatic carbocycles. The second-order valence-electron chi connectivity index (χ2n) is 4.16. The van der Waals surface area contributed by atoms with Crippen LogP contribution in [0.1, 0.15) is 5.56 Å². The molecule has 1 N–H and O–H groups in total. The zero-order valence-corrected chi connectivity index (χ0v) is 9.74. The van der Waals surface area contributed by atoms with Gasteiger partial charge in [-0.3, -0.25) is 0 Å². The first-order valence-electron chi connectivity index (χ1n) is 5.65. The molecule has 0 aliphatic carbocycles. The smallest absolute Gasteiger partial charge is 0.0456 e. The molecule has 0 saturated heterocycles. The van der Waals surface area contributed by atoms with Gasteiger partial charge in [0.25, 0.3) is 0 Å². The highest BCUT2D eigenvalue weighted by molar-refractivity contribution is 5.83. The van der Waals surface area contributed by atoms with Crippen LogP contribution < -0.4 is 0 Å². The summed E-state index contributed by atoms with van der Waals surface area (Å²) in [5, 5.41) is 1.34. The first kappa shape index (κ1) is 11.0. The number of hydrogen-bond acceptors (Lipinski definition) is 1. The SMILES string of the molecule is C=CCN(C)CCc1c[nH]c2ccccc12. The lowest BCUT2D eigenvalue weighted by atomic mass is 10.1. The molecule has 0 radical (unpaired) electrons. The first-order chi connectivity index (χ1) is 7.81. The zero-order chi connectivity index (χ0) is 11.4. The highest BCUT2D eigenvalue weighted by Gasteiger charge is 2.03. The Bertz CT molecular complexity index is 470.